The summed E-state index contributed by atoms with van der Waals surface area (Å²) in [4.78, 5) is 0. The van der Waals surface area contributed by atoms with Crippen molar-refractivity contribution in [1.29, 1.82) is 0 Å². The van der Waals surface area contributed by atoms with Gasteiger partial charge in [0.2, 0.25) is 0 Å². The fourth-order valence-corrected chi connectivity index (χ4v) is 6.91. The molecular weight excluding hydrogens is 669 g/mol. The lowest BCUT2D eigenvalue weighted by Gasteiger charge is -2.10. The first-order valence-corrected chi connectivity index (χ1v) is 21.8. The summed E-state index contributed by atoms with van der Waals surface area (Å²) in [5.74, 6) is 1.39. The Morgan fingerprint density at radius 3 is 1.22 bits per heavy atom. The second-order valence-electron chi connectivity index (χ2n) is 17.3. The molecule has 308 valence electrons. The number of benzene rings is 1. The molecule has 0 aliphatic carbocycles. The predicted molar refractivity (Wildman–Crippen MR) is 246 cm³/mol. The molecule has 0 aliphatic heterocycles. The zero-order valence-corrected chi connectivity index (χ0v) is 37.9. The highest BCUT2D eigenvalue weighted by Crippen LogP contribution is 2.32. The zero-order chi connectivity index (χ0) is 41.2. The maximum absolute atomic E-state index is 10.4. The number of hydrogen-bond donors (Lipinski definition) is 2. The number of rotatable bonds is 27. The van der Waals surface area contributed by atoms with Crippen LogP contribution >= 0.6 is 0 Å². The van der Waals surface area contributed by atoms with Crippen LogP contribution in [-0.4, -0.2) is 10.2 Å². The van der Waals surface area contributed by atoms with Gasteiger partial charge in [-0.3, -0.25) is 0 Å². The monoisotopic (exact) mass is 753 g/mol. The standard InChI is InChI=1S/C53H84O2/c1-40(2)21-13-22-41(3)23-14-24-42(4)25-15-26-43(5)27-16-28-44(6)29-17-30-45(7)31-18-32-46(8)33-19-34-47(9)35-20-36-48(10)37-38-51-39-52(54)49(11)50(12)53(51)55/h21,25,27,29,31,33,35,37,39,41,54-55H,13-20,22-24,26,28,30,32,34,36,38H2,1-12H3/b42-25+,43-27+,44-29+,45-31+,46-33+,47-35+,48-37+. The fraction of sp³-hybridized carbons (Fsp3) is 0.585. The van der Waals surface area contributed by atoms with Crippen LogP contribution in [0.15, 0.2) is 99.3 Å². The fourth-order valence-electron chi connectivity index (χ4n) is 6.91. The van der Waals surface area contributed by atoms with Crippen LogP contribution in [0.1, 0.15) is 195 Å². The molecule has 1 aromatic rings. The average Bonchev–Trinajstić information content (AvgIpc) is 3.11. The van der Waals surface area contributed by atoms with E-state index in [-0.39, 0.29) is 5.75 Å². The molecule has 55 heavy (non-hydrogen) atoms. The van der Waals surface area contributed by atoms with Crippen LogP contribution in [0.2, 0.25) is 0 Å². The molecule has 0 radical (unpaired) electrons. The van der Waals surface area contributed by atoms with Gasteiger partial charge in [-0.2, -0.15) is 0 Å². The van der Waals surface area contributed by atoms with E-state index in [0.717, 1.165) is 80.4 Å². The number of aromatic hydroxyl groups is 2. The molecule has 0 aliphatic rings. The highest BCUT2D eigenvalue weighted by Gasteiger charge is 2.10. The molecule has 0 heterocycles. The Bertz CT molecular complexity index is 1530. The van der Waals surface area contributed by atoms with E-state index in [4.69, 9.17) is 0 Å². The summed E-state index contributed by atoms with van der Waals surface area (Å²) in [7, 11) is 0. The van der Waals surface area contributed by atoms with Crippen LogP contribution in [0.5, 0.6) is 11.5 Å². The number of phenolic OH excluding ortho intramolecular Hbond substituents is 2. The molecule has 0 fully saturated rings. The first kappa shape index (κ1) is 49.8. The van der Waals surface area contributed by atoms with Gasteiger partial charge in [0.25, 0.3) is 0 Å². The highest BCUT2D eigenvalue weighted by atomic mass is 16.3. The summed E-state index contributed by atoms with van der Waals surface area (Å²) in [5.41, 5.74) is 14.1. The van der Waals surface area contributed by atoms with Gasteiger partial charge in [-0.25, -0.2) is 0 Å². The van der Waals surface area contributed by atoms with E-state index in [9.17, 15) is 10.2 Å². The van der Waals surface area contributed by atoms with E-state index in [0.29, 0.717) is 12.2 Å². The van der Waals surface area contributed by atoms with Crippen molar-refractivity contribution >= 4 is 0 Å². The van der Waals surface area contributed by atoms with Gasteiger partial charge in [-0.05, 0) is 208 Å². The van der Waals surface area contributed by atoms with Gasteiger partial charge in [0, 0.05) is 5.56 Å². The lowest BCUT2D eigenvalue weighted by atomic mass is 9.96. The topological polar surface area (TPSA) is 40.5 Å². The molecule has 1 aromatic carbocycles. The minimum atomic E-state index is 0.256. The third kappa shape index (κ3) is 24.8. The highest BCUT2D eigenvalue weighted by molar-refractivity contribution is 5.51. The second kappa shape index (κ2) is 29.0. The minimum absolute atomic E-state index is 0.256. The van der Waals surface area contributed by atoms with E-state index in [1.807, 2.05) is 13.8 Å². The van der Waals surface area contributed by atoms with E-state index >= 15 is 0 Å². The van der Waals surface area contributed by atoms with Gasteiger partial charge in [0.1, 0.15) is 11.5 Å². The van der Waals surface area contributed by atoms with Crippen molar-refractivity contribution in [3.63, 3.8) is 0 Å². The molecule has 0 amide bonds. The summed E-state index contributed by atoms with van der Waals surface area (Å²) in [6.07, 6.45) is 39.8. The first-order chi connectivity index (χ1) is 26.1. The van der Waals surface area contributed by atoms with Crippen molar-refractivity contribution in [1.82, 2.24) is 0 Å². The molecule has 1 rings (SSSR count). The van der Waals surface area contributed by atoms with Gasteiger partial charge in [0.15, 0.2) is 0 Å². The van der Waals surface area contributed by atoms with Crippen molar-refractivity contribution in [2.75, 3.05) is 0 Å². The number of allylic oxidation sites excluding steroid dienone is 16. The number of hydrogen-bond acceptors (Lipinski definition) is 2. The third-order valence-electron chi connectivity index (χ3n) is 11.3. The van der Waals surface area contributed by atoms with Crippen molar-refractivity contribution < 1.29 is 10.2 Å². The van der Waals surface area contributed by atoms with E-state index < -0.39 is 0 Å². The van der Waals surface area contributed by atoms with Crippen molar-refractivity contribution in [2.45, 2.75) is 199 Å². The van der Waals surface area contributed by atoms with Crippen molar-refractivity contribution in [3.05, 3.63) is 116 Å². The molecule has 0 aromatic heterocycles. The third-order valence-corrected chi connectivity index (χ3v) is 11.3. The summed E-state index contributed by atoms with van der Waals surface area (Å²) in [6, 6.07) is 1.69. The Morgan fingerprint density at radius 2 is 0.836 bits per heavy atom. The van der Waals surface area contributed by atoms with Crippen LogP contribution in [0.4, 0.5) is 0 Å². The van der Waals surface area contributed by atoms with Gasteiger partial charge < -0.3 is 10.2 Å². The minimum Gasteiger partial charge on any atom is -0.508 e. The molecule has 2 N–H and O–H groups in total. The SMILES string of the molecule is CC(C)=CCCC(C)CCC/C(C)=C/CC/C(C)=C/CC/C(C)=C/CC/C(C)=C/CC/C(C)=C/CC/C(C)=C/CC/C(C)=C/Cc1cc(O)c(C)c(C)c1O. The Morgan fingerprint density at radius 1 is 0.473 bits per heavy atom. The zero-order valence-electron chi connectivity index (χ0n) is 37.9. The summed E-state index contributed by atoms with van der Waals surface area (Å²) < 4.78 is 0. The molecule has 0 saturated heterocycles. The molecule has 1 unspecified atom stereocenters. The lowest BCUT2D eigenvalue weighted by Crippen LogP contribution is -1.94. The molecule has 0 bridgehead atoms. The molecule has 2 nitrogen and oxygen atoms in total. The Balaban J connectivity index is 2.26. The largest absolute Gasteiger partial charge is 0.508 e. The van der Waals surface area contributed by atoms with Gasteiger partial charge >= 0.3 is 0 Å². The van der Waals surface area contributed by atoms with Crippen molar-refractivity contribution in [2.24, 2.45) is 5.92 Å². The molecular formula is C53H84O2. The summed E-state index contributed by atoms with van der Waals surface area (Å²) >= 11 is 0. The summed E-state index contributed by atoms with van der Waals surface area (Å²) in [5, 5.41) is 20.6. The van der Waals surface area contributed by atoms with E-state index in [2.05, 4.69) is 118 Å². The normalized spacial score (nSPS) is 14.5. The Hall–Kier alpha value is -3.26. The molecule has 0 spiro atoms. The van der Waals surface area contributed by atoms with Crippen LogP contribution < -0.4 is 0 Å². The Kier molecular flexibility index (Phi) is 26.3. The van der Waals surface area contributed by atoms with Crippen LogP contribution in [-0.2, 0) is 6.42 Å². The van der Waals surface area contributed by atoms with Gasteiger partial charge in [-0.1, -0.05) is 107 Å². The molecule has 1 atom stereocenters. The second-order valence-corrected chi connectivity index (χ2v) is 17.3. The Labute approximate surface area is 341 Å². The average molecular weight is 753 g/mol. The van der Waals surface area contributed by atoms with Crippen LogP contribution in [0.25, 0.3) is 0 Å². The van der Waals surface area contributed by atoms with Crippen LogP contribution in [0, 0.1) is 19.8 Å². The smallest absolute Gasteiger partial charge is 0.122 e. The number of phenols is 2. The first-order valence-electron chi connectivity index (χ1n) is 21.8. The van der Waals surface area contributed by atoms with Gasteiger partial charge in [0.05, 0.1) is 0 Å². The van der Waals surface area contributed by atoms with Gasteiger partial charge in [-0.15, -0.1) is 0 Å². The predicted octanol–water partition coefficient (Wildman–Crippen LogP) is 17.1. The maximum Gasteiger partial charge on any atom is 0.122 e. The summed E-state index contributed by atoms with van der Waals surface area (Å²) in [6.45, 7) is 26.4. The quantitative estimate of drug-likeness (QED) is 0.0694. The van der Waals surface area contributed by atoms with E-state index in [1.165, 1.54) is 90.4 Å². The van der Waals surface area contributed by atoms with Crippen molar-refractivity contribution in [3.8, 4) is 11.5 Å². The lowest BCUT2D eigenvalue weighted by molar-refractivity contribution is 0.448. The molecule has 2 heteroatoms. The maximum atomic E-state index is 10.4. The molecule has 0 saturated carbocycles. The van der Waals surface area contributed by atoms with Crippen LogP contribution in [0.3, 0.4) is 0 Å². The van der Waals surface area contributed by atoms with E-state index in [1.54, 1.807) is 11.6 Å².